The molecule has 6 heteroatoms. The Morgan fingerprint density at radius 1 is 1.04 bits per heavy atom. The smallest absolute Gasteiger partial charge is 0.213 e. The van der Waals surface area contributed by atoms with Crippen LogP contribution in [-0.2, 0) is 19.5 Å². The van der Waals surface area contributed by atoms with Gasteiger partial charge in [0.15, 0.2) is 11.5 Å². The van der Waals surface area contributed by atoms with Crippen LogP contribution in [0.4, 0.5) is 4.39 Å². The van der Waals surface area contributed by atoms with Crippen LogP contribution in [0, 0.1) is 5.95 Å². The van der Waals surface area contributed by atoms with E-state index in [2.05, 4.69) is 26.6 Å². The lowest BCUT2D eigenvalue weighted by Gasteiger charge is -2.29. The normalized spacial score (nSPS) is 14.2. The van der Waals surface area contributed by atoms with Crippen molar-refractivity contribution in [3.05, 3.63) is 53.7 Å². The van der Waals surface area contributed by atoms with Crippen molar-refractivity contribution in [1.82, 2.24) is 14.5 Å². The highest BCUT2D eigenvalue weighted by atomic mass is 19.1. The highest BCUT2D eigenvalue weighted by Gasteiger charge is 2.19. The van der Waals surface area contributed by atoms with E-state index in [1.165, 1.54) is 17.2 Å². The zero-order chi connectivity index (χ0) is 19.5. The molecule has 0 fully saturated rings. The molecule has 3 heterocycles. The van der Waals surface area contributed by atoms with Crippen molar-refractivity contribution in [1.29, 1.82) is 0 Å². The fourth-order valence-electron chi connectivity index (χ4n) is 4.01. The minimum absolute atomic E-state index is 0.426. The van der Waals surface area contributed by atoms with Crippen LogP contribution in [0.5, 0.6) is 11.5 Å². The summed E-state index contributed by atoms with van der Waals surface area (Å²) in [6, 6.07) is 7.65. The zero-order valence-corrected chi connectivity index (χ0v) is 16.4. The molecular formula is C22H26FN3O2. The van der Waals surface area contributed by atoms with Gasteiger partial charge >= 0.3 is 0 Å². The topological polar surface area (TPSA) is 39.5 Å². The van der Waals surface area contributed by atoms with E-state index < -0.39 is 5.95 Å². The van der Waals surface area contributed by atoms with Crippen LogP contribution < -0.4 is 9.47 Å². The van der Waals surface area contributed by atoms with Crippen LogP contribution in [0.1, 0.15) is 24.0 Å². The molecule has 0 atom stereocenters. The van der Waals surface area contributed by atoms with Crippen molar-refractivity contribution in [3.8, 4) is 11.5 Å². The predicted molar refractivity (Wildman–Crippen MR) is 107 cm³/mol. The average molecular weight is 383 g/mol. The van der Waals surface area contributed by atoms with Crippen LogP contribution in [0.15, 0.2) is 36.7 Å². The number of rotatable bonds is 7. The Labute approximate surface area is 164 Å². The van der Waals surface area contributed by atoms with Crippen molar-refractivity contribution >= 4 is 10.9 Å². The summed E-state index contributed by atoms with van der Waals surface area (Å²) in [6.07, 6.45) is 6.87. The van der Waals surface area contributed by atoms with Crippen LogP contribution in [0.3, 0.4) is 0 Å². The number of nitrogens with zero attached hydrogens (tertiary/aromatic N) is 3. The molecule has 0 aliphatic carbocycles. The number of ether oxygens (including phenoxy) is 2. The Balaban J connectivity index is 1.31. The molecular weight excluding hydrogens is 357 g/mol. The molecule has 0 unspecified atom stereocenters. The second-order valence-corrected chi connectivity index (χ2v) is 7.28. The molecule has 0 spiro atoms. The molecule has 0 bridgehead atoms. The standard InChI is InChI=1S/C22H26FN3O2/c1-27-20-11-16-5-9-25(15-18(16)12-21(20)28-2)7-3-4-8-26-10-6-17-13-22(23)24-14-19(17)26/h6,10-14H,3-5,7-9,15H2,1-2H3. The molecule has 0 saturated heterocycles. The van der Waals surface area contributed by atoms with Gasteiger partial charge in [0.1, 0.15) is 0 Å². The summed E-state index contributed by atoms with van der Waals surface area (Å²) in [5, 5.41) is 0.907. The van der Waals surface area contributed by atoms with Crippen LogP contribution in [-0.4, -0.2) is 41.8 Å². The Bertz CT molecular complexity index is 970. The Hall–Kier alpha value is -2.60. The molecule has 148 valence electrons. The molecule has 2 aromatic heterocycles. The summed E-state index contributed by atoms with van der Waals surface area (Å²) in [5.41, 5.74) is 3.68. The Morgan fingerprint density at radius 3 is 2.57 bits per heavy atom. The van der Waals surface area contributed by atoms with E-state index in [-0.39, 0.29) is 0 Å². The number of aryl methyl sites for hydroxylation is 1. The monoisotopic (exact) mass is 383 g/mol. The van der Waals surface area contributed by atoms with Crippen LogP contribution >= 0.6 is 0 Å². The SMILES string of the molecule is COc1cc2c(cc1OC)CN(CCCCn1ccc3cc(F)ncc31)CC2. The van der Waals surface area contributed by atoms with Gasteiger partial charge in [0.2, 0.25) is 5.95 Å². The second kappa shape index (κ2) is 8.19. The lowest BCUT2D eigenvalue weighted by molar-refractivity contribution is 0.246. The Kier molecular flexibility index (Phi) is 5.48. The van der Waals surface area contributed by atoms with E-state index in [4.69, 9.17) is 9.47 Å². The molecule has 1 aliphatic heterocycles. The molecule has 0 saturated carbocycles. The summed E-state index contributed by atoms with van der Waals surface area (Å²) in [4.78, 5) is 6.27. The maximum atomic E-state index is 13.2. The van der Waals surface area contributed by atoms with Gasteiger partial charge in [-0.05, 0) is 55.1 Å². The number of halogens is 1. The number of benzene rings is 1. The first-order chi connectivity index (χ1) is 13.7. The van der Waals surface area contributed by atoms with Gasteiger partial charge in [-0.3, -0.25) is 4.90 Å². The summed E-state index contributed by atoms with van der Waals surface area (Å²) in [7, 11) is 3.36. The third-order valence-electron chi connectivity index (χ3n) is 5.54. The number of pyridine rings is 1. The molecule has 3 aromatic rings. The van der Waals surface area contributed by atoms with Gasteiger partial charge in [-0.1, -0.05) is 0 Å². The molecule has 0 amide bonds. The van der Waals surface area contributed by atoms with Gasteiger partial charge in [-0.2, -0.15) is 4.39 Å². The lowest BCUT2D eigenvalue weighted by Crippen LogP contribution is -2.31. The summed E-state index contributed by atoms with van der Waals surface area (Å²) in [6.45, 7) is 4.01. The number of methoxy groups -OCH3 is 2. The summed E-state index contributed by atoms with van der Waals surface area (Å²) in [5.74, 6) is 1.18. The lowest BCUT2D eigenvalue weighted by atomic mass is 9.98. The van der Waals surface area contributed by atoms with Gasteiger partial charge < -0.3 is 14.0 Å². The molecule has 0 radical (unpaired) electrons. The molecule has 28 heavy (non-hydrogen) atoms. The minimum Gasteiger partial charge on any atom is -0.493 e. The van der Waals surface area contributed by atoms with E-state index in [1.807, 2.05) is 12.3 Å². The van der Waals surface area contributed by atoms with Crippen LogP contribution in [0.25, 0.3) is 10.9 Å². The predicted octanol–water partition coefficient (Wildman–Crippen LogP) is 4.03. The second-order valence-electron chi connectivity index (χ2n) is 7.28. The number of hydrogen-bond donors (Lipinski definition) is 0. The highest BCUT2D eigenvalue weighted by Crippen LogP contribution is 2.33. The molecule has 1 aliphatic rings. The average Bonchev–Trinajstić information content (AvgIpc) is 3.11. The number of fused-ring (bicyclic) bond motifs is 2. The first kappa shape index (κ1) is 18.7. The zero-order valence-electron chi connectivity index (χ0n) is 16.4. The molecule has 5 nitrogen and oxygen atoms in total. The number of hydrogen-bond acceptors (Lipinski definition) is 4. The first-order valence-corrected chi connectivity index (χ1v) is 9.74. The van der Waals surface area contributed by atoms with Crippen molar-refractivity contribution in [3.63, 3.8) is 0 Å². The molecule has 4 rings (SSSR count). The van der Waals surface area contributed by atoms with Gasteiger partial charge in [0.25, 0.3) is 0 Å². The van der Waals surface area contributed by atoms with Crippen molar-refractivity contribution in [2.24, 2.45) is 0 Å². The fourth-order valence-corrected chi connectivity index (χ4v) is 4.01. The van der Waals surface area contributed by atoms with Gasteiger partial charge in [-0.25, -0.2) is 4.98 Å². The third kappa shape index (κ3) is 3.83. The van der Waals surface area contributed by atoms with Gasteiger partial charge in [0, 0.05) is 37.3 Å². The van der Waals surface area contributed by atoms with Gasteiger partial charge in [-0.15, -0.1) is 0 Å². The Morgan fingerprint density at radius 2 is 1.79 bits per heavy atom. The van der Waals surface area contributed by atoms with Gasteiger partial charge in [0.05, 0.1) is 25.9 Å². The quantitative estimate of drug-likeness (QED) is 0.456. The van der Waals surface area contributed by atoms with E-state index in [0.29, 0.717) is 0 Å². The molecule has 1 aromatic carbocycles. The van der Waals surface area contributed by atoms with E-state index in [0.717, 1.165) is 67.8 Å². The number of aromatic nitrogens is 2. The maximum Gasteiger partial charge on any atom is 0.213 e. The highest BCUT2D eigenvalue weighted by molar-refractivity contribution is 5.78. The van der Waals surface area contributed by atoms with Crippen molar-refractivity contribution in [2.75, 3.05) is 27.3 Å². The number of unbranched alkanes of at least 4 members (excludes halogenated alkanes) is 1. The fraction of sp³-hybridized carbons (Fsp3) is 0.409. The summed E-state index contributed by atoms with van der Waals surface area (Å²) >= 11 is 0. The molecule has 0 N–H and O–H groups in total. The first-order valence-electron chi connectivity index (χ1n) is 9.74. The van der Waals surface area contributed by atoms with Crippen molar-refractivity contribution in [2.45, 2.75) is 32.4 Å². The maximum absolute atomic E-state index is 13.2. The van der Waals surface area contributed by atoms with E-state index >= 15 is 0 Å². The minimum atomic E-state index is -0.426. The largest absolute Gasteiger partial charge is 0.493 e. The van der Waals surface area contributed by atoms with E-state index in [1.54, 1.807) is 20.4 Å². The van der Waals surface area contributed by atoms with Crippen molar-refractivity contribution < 1.29 is 13.9 Å². The third-order valence-corrected chi connectivity index (χ3v) is 5.54. The van der Waals surface area contributed by atoms with E-state index in [9.17, 15) is 4.39 Å². The van der Waals surface area contributed by atoms with Crippen LogP contribution in [0.2, 0.25) is 0 Å². The summed E-state index contributed by atoms with van der Waals surface area (Å²) < 4.78 is 26.2.